The standard InChI is InChI=1S/C27H52N2O4/c1-5-6-7-8-9-10-11-12-16-21-32-25(30)17-14-13-15-19-29-20-18-24(22-29)33-26(31)27(2,3)23-28-4/h24,28H,5-23H2,1-4H3. The summed E-state index contributed by atoms with van der Waals surface area (Å²) in [5.41, 5.74) is -0.495. The Morgan fingerprint density at radius 3 is 2.24 bits per heavy atom. The van der Waals surface area contributed by atoms with Gasteiger partial charge in [-0.2, -0.15) is 0 Å². The molecule has 0 saturated carbocycles. The van der Waals surface area contributed by atoms with E-state index in [0.29, 0.717) is 19.6 Å². The van der Waals surface area contributed by atoms with Crippen LogP contribution in [-0.4, -0.2) is 62.8 Å². The highest BCUT2D eigenvalue weighted by molar-refractivity contribution is 5.76. The maximum atomic E-state index is 12.3. The predicted octanol–water partition coefficient (Wildman–Crippen LogP) is 5.48. The van der Waals surface area contributed by atoms with Gasteiger partial charge in [-0.05, 0) is 53.1 Å². The number of carbonyl (C=O) groups excluding carboxylic acids is 2. The second kappa shape index (κ2) is 18.2. The Hall–Kier alpha value is -1.14. The van der Waals surface area contributed by atoms with Crippen LogP contribution in [-0.2, 0) is 19.1 Å². The number of nitrogens with one attached hydrogen (secondary N) is 1. The van der Waals surface area contributed by atoms with Gasteiger partial charge in [0.2, 0.25) is 0 Å². The first kappa shape index (κ1) is 29.9. The molecule has 33 heavy (non-hydrogen) atoms. The first-order valence-corrected chi connectivity index (χ1v) is 13.6. The van der Waals surface area contributed by atoms with Gasteiger partial charge in [-0.1, -0.05) is 64.7 Å². The van der Waals surface area contributed by atoms with E-state index in [1.54, 1.807) is 0 Å². The molecule has 0 aromatic carbocycles. The third kappa shape index (κ3) is 14.7. The molecule has 1 fully saturated rings. The molecule has 0 spiro atoms. The highest BCUT2D eigenvalue weighted by Crippen LogP contribution is 2.21. The van der Waals surface area contributed by atoms with Crippen LogP contribution in [0, 0.1) is 5.41 Å². The van der Waals surface area contributed by atoms with E-state index < -0.39 is 5.41 Å². The van der Waals surface area contributed by atoms with Crippen molar-refractivity contribution in [2.75, 3.05) is 39.8 Å². The molecule has 1 aliphatic rings. The molecule has 0 aromatic heterocycles. The molecule has 1 atom stereocenters. The van der Waals surface area contributed by atoms with Gasteiger partial charge in [-0.25, -0.2) is 0 Å². The Balaban J connectivity index is 1.95. The molecule has 1 heterocycles. The van der Waals surface area contributed by atoms with Crippen molar-refractivity contribution in [3.63, 3.8) is 0 Å². The van der Waals surface area contributed by atoms with Gasteiger partial charge < -0.3 is 14.8 Å². The van der Waals surface area contributed by atoms with Gasteiger partial charge in [0, 0.05) is 26.1 Å². The zero-order chi connectivity index (χ0) is 24.4. The lowest BCUT2D eigenvalue weighted by Gasteiger charge is -2.24. The third-order valence-electron chi connectivity index (χ3n) is 6.54. The number of ether oxygens (including phenoxy) is 2. The van der Waals surface area contributed by atoms with Crippen LogP contribution in [0.1, 0.15) is 111 Å². The summed E-state index contributed by atoms with van der Waals surface area (Å²) < 4.78 is 11.1. The number of unbranched alkanes of at least 4 members (excludes halogenated alkanes) is 10. The van der Waals surface area contributed by atoms with Gasteiger partial charge in [0.05, 0.1) is 12.0 Å². The van der Waals surface area contributed by atoms with E-state index in [-0.39, 0.29) is 18.0 Å². The lowest BCUT2D eigenvalue weighted by atomic mass is 9.94. The molecular weight excluding hydrogens is 416 g/mol. The molecule has 1 rings (SSSR count). The summed E-state index contributed by atoms with van der Waals surface area (Å²) in [7, 11) is 1.85. The lowest BCUT2D eigenvalue weighted by molar-refractivity contribution is -0.158. The molecule has 0 amide bonds. The first-order chi connectivity index (χ1) is 15.9. The maximum absolute atomic E-state index is 12.3. The second-order valence-electron chi connectivity index (χ2n) is 10.4. The van der Waals surface area contributed by atoms with Gasteiger partial charge in [0.1, 0.15) is 6.10 Å². The van der Waals surface area contributed by atoms with Gasteiger partial charge in [0.25, 0.3) is 0 Å². The average molecular weight is 469 g/mol. The highest BCUT2D eigenvalue weighted by atomic mass is 16.5. The van der Waals surface area contributed by atoms with Gasteiger partial charge in [-0.3, -0.25) is 14.5 Å². The summed E-state index contributed by atoms with van der Waals surface area (Å²) in [6.07, 6.45) is 15.9. The van der Waals surface area contributed by atoms with Gasteiger partial charge in [0.15, 0.2) is 0 Å². The van der Waals surface area contributed by atoms with E-state index in [1.807, 2.05) is 20.9 Å². The van der Waals surface area contributed by atoms with Crippen LogP contribution in [0.4, 0.5) is 0 Å². The molecule has 0 radical (unpaired) electrons. The lowest BCUT2D eigenvalue weighted by Crippen LogP contribution is -2.38. The quantitative estimate of drug-likeness (QED) is 0.188. The average Bonchev–Trinajstić information content (AvgIpc) is 3.22. The highest BCUT2D eigenvalue weighted by Gasteiger charge is 2.33. The van der Waals surface area contributed by atoms with Crippen molar-refractivity contribution in [1.82, 2.24) is 10.2 Å². The van der Waals surface area contributed by atoms with E-state index in [9.17, 15) is 9.59 Å². The van der Waals surface area contributed by atoms with Crippen LogP contribution in [0.25, 0.3) is 0 Å². The van der Waals surface area contributed by atoms with Crippen molar-refractivity contribution in [2.24, 2.45) is 5.41 Å². The molecule has 6 heteroatoms. The Morgan fingerprint density at radius 2 is 1.58 bits per heavy atom. The summed E-state index contributed by atoms with van der Waals surface area (Å²) in [4.78, 5) is 26.6. The molecule has 0 bridgehead atoms. The zero-order valence-electron chi connectivity index (χ0n) is 22.1. The van der Waals surface area contributed by atoms with Crippen LogP contribution in [0.15, 0.2) is 0 Å². The molecule has 1 aliphatic heterocycles. The van der Waals surface area contributed by atoms with Crippen molar-refractivity contribution in [3.05, 3.63) is 0 Å². The SMILES string of the molecule is CCCCCCCCCCCOC(=O)CCCCCN1CCC(OC(=O)C(C)(C)CNC)C1. The molecule has 0 aliphatic carbocycles. The number of nitrogens with zero attached hydrogens (tertiary/aromatic N) is 1. The van der Waals surface area contributed by atoms with Crippen molar-refractivity contribution in [1.29, 1.82) is 0 Å². The minimum atomic E-state index is -0.495. The van der Waals surface area contributed by atoms with Crippen LogP contribution in [0.2, 0.25) is 0 Å². The van der Waals surface area contributed by atoms with E-state index in [0.717, 1.165) is 51.7 Å². The Labute approximate surface area is 203 Å². The Bertz CT molecular complexity index is 524. The monoisotopic (exact) mass is 468 g/mol. The summed E-state index contributed by atoms with van der Waals surface area (Å²) in [5, 5.41) is 3.05. The van der Waals surface area contributed by atoms with Gasteiger partial charge in [-0.15, -0.1) is 0 Å². The normalized spacial score (nSPS) is 16.8. The van der Waals surface area contributed by atoms with Crippen molar-refractivity contribution >= 4 is 11.9 Å². The summed E-state index contributed by atoms with van der Waals surface area (Å²) in [6.45, 7) is 10.1. The number of hydrogen-bond acceptors (Lipinski definition) is 6. The zero-order valence-corrected chi connectivity index (χ0v) is 22.1. The Morgan fingerprint density at radius 1 is 0.939 bits per heavy atom. The van der Waals surface area contributed by atoms with Gasteiger partial charge >= 0.3 is 11.9 Å². The topological polar surface area (TPSA) is 67.9 Å². The van der Waals surface area contributed by atoms with Crippen molar-refractivity contribution < 1.29 is 19.1 Å². The summed E-state index contributed by atoms with van der Waals surface area (Å²) >= 11 is 0. The Kier molecular flexibility index (Phi) is 16.5. The van der Waals surface area contributed by atoms with Crippen LogP contribution < -0.4 is 5.32 Å². The molecule has 1 N–H and O–H groups in total. The summed E-state index contributed by atoms with van der Waals surface area (Å²) in [5.74, 6) is -0.170. The number of rotatable bonds is 20. The minimum Gasteiger partial charge on any atom is -0.466 e. The van der Waals surface area contributed by atoms with E-state index in [1.165, 1.54) is 51.4 Å². The second-order valence-corrected chi connectivity index (χ2v) is 10.4. The fourth-order valence-electron chi connectivity index (χ4n) is 4.37. The summed E-state index contributed by atoms with van der Waals surface area (Å²) in [6, 6.07) is 0. The van der Waals surface area contributed by atoms with E-state index >= 15 is 0 Å². The number of carbonyl (C=O) groups is 2. The molecule has 0 aromatic rings. The predicted molar refractivity (Wildman–Crippen MR) is 135 cm³/mol. The fourth-order valence-corrected chi connectivity index (χ4v) is 4.37. The number of likely N-dealkylation sites (tertiary alicyclic amines) is 1. The molecule has 1 unspecified atom stereocenters. The largest absolute Gasteiger partial charge is 0.466 e. The number of hydrogen-bond donors (Lipinski definition) is 1. The van der Waals surface area contributed by atoms with Crippen LogP contribution in [0.3, 0.4) is 0 Å². The van der Waals surface area contributed by atoms with Crippen molar-refractivity contribution in [2.45, 2.75) is 117 Å². The van der Waals surface area contributed by atoms with Crippen molar-refractivity contribution in [3.8, 4) is 0 Å². The van der Waals surface area contributed by atoms with E-state index in [2.05, 4.69) is 17.1 Å². The molecular formula is C27H52N2O4. The molecule has 6 nitrogen and oxygen atoms in total. The van der Waals surface area contributed by atoms with Crippen LogP contribution in [0.5, 0.6) is 0 Å². The van der Waals surface area contributed by atoms with E-state index in [4.69, 9.17) is 9.47 Å². The smallest absolute Gasteiger partial charge is 0.313 e. The fraction of sp³-hybridized carbons (Fsp3) is 0.926. The third-order valence-corrected chi connectivity index (χ3v) is 6.54. The minimum absolute atomic E-state index is 0.00432. The number of esters is 2. The first-order valence-electron chi connectivity index (χ1n) is 13.6. The molecule has 194 valence electrons. The molecule has 1 saturated heterocycles. The maximum Gasteiger partial charge on any atom is 0.313 e. The van der Waals surface area contributed by atoms with Crippen LogP contribution >= 0.6 is 0 Å².